The van der Waals surface area contributed by atoms with E-state index >= 15 is 0 Å². The van der Waals surface area contributed by atoms with Gasteiger partial charge in [-0.3, -0.25) is 0 Å². The first-order valence-electron chi connectivity index (χ1n) is 8.68. The van der Waals surface area contributed by atoms with Crippen molar-refractivity contribution >= 4 is 50.8 Å². The number of fused-ring (bicyclic) bond motifs is 1. The van der Waals surface area contributed by atoms with Crippen LogP contribution in [0.5, 0.6) is 5.75 Å². The highest BCUT2D eigenvalue weighted by atomic mass is 35.5. The summed E-state index contributed by atoms with van der Waals surface area (Å²) >= 11 is 7.31. The molecule has 6 heteroatoms. The van der Waals surface area contributed by atoms with Gasteiger partial charge in [-0.25, -0.2) is 9.78 Å². The van der Waals surface area contributed by atoms with Gasteiger partial charge in [-0.1, -0.05) is 35.9 Å². The number of nitrogens with zero attached hydrogens (tertiary/aromatic N) is 2. The Balaban J connectivity index is 1.52. The van der Waals surface area contributed by atoms with Crippen LogP contribution in [0.3, 0.4) is 0 Å². The summed E-state index contributed by atoms with van der Waals surface area (Å²) in [6.45, 7) is 0. The van der Waals surface area contributed by atoms with Gasteiger partial charge in [-0.2, -0.15) is 5.26 Å². The first-order valence-corrected chi connectivity index (χ1v) is 9.87. The molecule has 0 atom stereocenters. The topological polar surface area (TPSA) is 63.0 Å². The number of aromatic nitrogens is 1. The van der Waals surface area contributed by atoms with Gasteiger partial charge in [0, 0.05) is 5.02 Å². The van der Waals surface area contributed by atoms with E-state index in [1.165, 1.54) is 11.3 Å². The maximum Gasteiger partial charge on any atom is 0.343 e. The van der Waals surface area contributed by atoms with Crippen molar-refractivity contribution < 1.29 is 9.53 Å². The predicted molar refractivity (Wildman–Crippen MR) is 116 cm³/mol. The zero-order chi connectivity index (χ0) is 20.2. The van der Waals surface area contributed by atoms with E-state index < -0.39 is 5.97 Å². The largest absolute Gasteiger partial charge is 0.423 e. The average Bonchev–Trinajstić information content (AvgIpc) is 3.17. The van der Waals surface area contributed by atoms with Gasteiger partial charge >= 0.3 is 5.97 Å². The number of rotatable bonds is 4. The summed E-state index contributed by atoms with van der Waals surface area (Å²) < 4.78 is 6.41. The second-order valence-corrected chi connectivity index (χ2v) is 7.59. The molecule has 0 bridgehead atoms. The third-order valence-corrected chi connectivity index (χ3v) is 5.45. The summed E-state index contributed by atoms with van der Waals surface area (Å²) in [6, 6.07) is 23.4. The van der Waals surface area contributed by atoms with E-state index in [2.05, 4.69) is 11.1 Å². The Hall–Kier alpha value is -3.46. The lowest BCUT2D eigenvalue weighted by Crippen LogP contribution is -2.08. The van der Waals surface area contributed by atoms with E-state index in [9.17, 15) is 10.1 Å². The molecule has 29 heavy (non-hydrogen) atoms. The number of hydrogen-bond donors (Lipinski definition) is 0. The molecule has 140 valence electrons. The van der Waals surface area contributed by atoms with Gasteiger partial charge < -0.3 is 4.74 Å². The Morgan fingerprint density at radius 1 is 1.03 bits per heavy atom. The number of carbonyl (C=O) groups excluding carboxylic acids is 1. The lowest BCUT2D eigenvalue weighted by atomic mass is 10.1. The van der Waals surface area contributed by atoms with E-state index in [4.69, 9.17) is 16.3 Å². The van der Waals surface area contributed by atoms with Crippen LogP contribution in [0.15, 0.2) is 72.8 Å². The van der Waals surface area contributed by atoms with Gasteiger partial charge in [0.15, 0.2) is 0 Å². The molecule has 4 rings (SSSR count). The van der Waals surface area contributed by atoms with Gasteiger partial charge in [0.2, 0.25) is 0 Å². The van der Waals surface area contributed by atoms with E-state index in [-0.39, 0.29) is 0 Å². The number of esters is 1. The summed E-state index contributed by atoms with van der Waals surface area (Å²) in [5.41, 5.74) is 2.59. The molecule has 4 nitrogen and oxygen atoms in total. The number of para-hydroxylation sites is 1. The molecule has 4 aromatic rings. The van der Waals surface area contributed by atoms with Crippen molar-refractivity contribution in [2.24, 2.45) is 0 Å². The molecule has 0 radical (unpaired) electrons. The third-order valence-electron chi connectivity index (χ3n) is 4.13. The van der Waals surface area contributed by atoms with Crippen LogP contribution in [-0.2, 0) is 0 Å². The molecule has 0 N–H and O–H groups in total. The number of benzene rings is 3. The number of allylic oxidation sites excluding steroid dienone is 1. The SMILES string of the molecule is N#C/C(=C\c1ccc(OC(=O)c2ccc(Cl)cc2)cc1)c1nc2ccccc2s1. The Bertz CT molecular complexity index is 1220. The number of nitriles is 1. The van der Waals surface area contributed by atoms with Gasteiger partial charge in [0.25, 0.3) is 0 Å². The number of hydrogen-bond acceptors (Lipinski definition) is 5. The maximum absolute atomic E-state index is 12.2. The second kappa shape index (κ2) is 8.27. The van der Waals surface area contributed by atoms with Gasteiger partial charge in [-0.05, 0) is 60.2 Å². The summed E-state index contributed by atoms with van der Waals surface area (Å²) in [5, 5.41) is 10.8. The molecule has 0 saturated heterocycles. The molecular weight excluding hydrogens is 404 g/mol. The van der Waals surface area contributed by atoms with Crippen molar-refractivity contribution in [3.05, 3.63) is 94.0 Å². The molecule has 1 heterocycles. The molecule has 0 aliphatic carbocycles. The highest BCUT2D eigenvalue weighted by Gasteiger charge is 2.10. The lowest BCUT2D eigenvalue weighted by molar-refractivity contribution is 0.0735. The Labute approximate surface area is 176 Å². The minimum Gasteiger partial charge on any atom is -0.423 e. The molecule has 0 aliphatic rings. The molecule has 0 saturated carbocycles. The number of halogens is 1. The molecule has 0 amide bonds. The quantitative estimate of drug-likeness (QED) is 0.224. The van der Waals surface area contributed by atoms with Gasteiger partial charge in [0.1, 0.15) is 16.8 Å². The Morgan fingerprint density at radius 2 is 1.76 bits per heavy atom. The summed E-state index contributed by atoms with van der Waals surface area (Å²) in [7, 11) is 0. The Morgan fingerprint density at radius 3 is 2.45 bits per heavy atom. The number of carbonyl (C=O) groups is 1. The summed E-state index contributed by atoms with van der Waals surface area (Å²) in [4.78, 5) is 16.7. The predicted octanol–water partition coefficient (Wildman–Crippen LogP) is 6.23. The minimum atomic E-state index is -0.461. The molecule has 3 aromatic carbocycles. The molecule has 0 unspecified atom stereocenters. The van der Waals surface area contributed by atoms with Crippen molar-refractivity contribution in [3.8, 4) is 11.8 Å². The molecule has 1 aromatic heterocycles. The van der Waals surface area contributed by atoms with Crippen molar-refractivity contribution in [1.29, 1.82) is 5.26 Å². The third kappa shape index (κ3) is 4.35. The van der Waals surface area contributed by atoms with Crippen LogP contribution in [0.1, 0.15) is 20.9 Å². The average molecular weight is 417 g/mol. The fraction of sp³-hybridized carbons (Fsp3) is 0. The standard InChI is InChI=1S/C23H13ClN2O2S/c24-18-9-7-16(8-10-18)23(27)28-19-11-5-15(6-12-19)13-17(14-25)22-26-20-3-1-2-4-21(20)29-22/h1-13H/b17-13+. The number of thiazole rings is 1. The maximum atomic E-state index is 12.2. The van der Waals surface area contributed by atoms with Crippen LogP contribution in [0.4, 0.5) is 0 Å². The van der Waals surface area contributed by atoms with Crippen LogP contribution >= 0.6 is 22.9 Å². The fourth-order valence-corrected chi connectivity index (χ4v) is 3.74. The summed E-state index contributed by atoms with van der Waals surface area (Å²) in [6.07, 6.45) is 1.77. The van der Waals surface area contributed by atoms with Crippen molar-refractivity contribution in [2.45, 2.75) is 0 Å². The Kier molecular flexibility index (Phi) is 5.39. The van der Waals surface area contributed by atoms with Gasteiger partial charge in [0.05, 0.1) is 21.4 Å². The molecule has 0 fully saturated rings. The van der Waals surface area contributed by atoms with E-state index in [0.29, 0.717) is 26.9 Å². The van der Waals surface area contributed by atoms with Crippen LogP contribution < -0.4 is 4.74 Å². The minimum absolute atomic E-state index is 0.417. The zero-order valence-corrected chi connectivity index (χ0v) is 16.6. The molecular formula is C23H13ClN2O2S. The summed E-state index contributed by atoms with van der Waals surface area (Å²) in [5.74, 6) is -0.0438. The number of ether oxygens (including phenoxy) is 1. The smallest absolute Gasteiger partial charge is 0.343 e. The van der Waals surface area contributed by atoms with Crippen molar-refractivity contribution in [3.63, 3.8) is 0 Å². The first-order chi connectivity index (χ1) is 14.1. The highest BCUT2D eigenvalue weighted by molar-refractivity contribution is 7.19. The monoisotopic (exact) mass is 416 g/mol. The van der Waals surface area contributed by atoms with Crippen LogP contribution in [0.2, 0.25) is 5.02 Å². The van der Waals surface area contributed by atoms with Crippen LogP contribution in [-0.4, -0.2) is 11.0 Å². The van der Waals surface area contributed by atoms with E-state index in [1.54, 1.807) is 54.6 Å². The van der Waals surface area contributed by atoms with Crippen molar-refractivity contribution in [2.75, 3.05) is 0 Å². The van der Waals surface area contributed by atoms with Gasteiger partial charge in [-0.15, -0.1) is 11.3 Å². The fourth-order valence-electron chi connectivity index (χ4n) is 2.68. The second-order valence-electron chi connectivity index (χ2n) is 6.12. The highest BCUT2D eigenvalue weighted by Crippen LogP contribution is 2.28. The zero-order valence-electron chi connectivity index (χ0n) is 15.0. The molecule has 0 aliphatic heterocycles. The van der Waals surface area contributed by atoms with Crippen LogP contribution in [0, 0.1) is 11.3 Å². The van der Waals surface area contributed by atoms with E-state index in [0.717, 1.165) is 15.8 Å². The first kappa shape index (κ1) is 18.9. The normalized spacial score (nSPS) is 11.2. The van der Waals surface area contributed by atoms with E-state index in [1.807, 2.05) is 24.3 Å². The molecule has 0 spiro atoms. The van der Waals surface area contributed by atoms with Crippen molar-refractivity contribution in [1.82, 2.24) is 4.98 Å². The lowest BCUT2D eigenvalue weighted by Gasteiger charge is -2.05. The van der Waals surface area contributed by atoms with Crippen LogP contribution in [0.25, 0.3) is 21.9 Å².